The van der Waals surface area contributed by atoms with E-state index in [0.29, 0.717) is 12.0 Å². The Morgan fingerprint density at radius 2 is 1.85 bits per heavy atom. The topological polar surface area (TPSA) is 94.8 Å². The van der Waals surface area contributed by atoms with E-state index in [1.165, 1.54) is 6.07 Å². The molecule has 0 unspecified atom stereocenters. The van der Waals surface area contributed by atoms with Gasteiger partial charge < -0.3 is 19.2 Å². The van der Waals surface area contributed by atoms with Crippen LogP contribution in [0.4, 0.5) is 4.79 Å². The Bertz CT molecular complexity index is 775. The molecule has 7 nitrogen and oxygen atoms in total. The van der Waals surface area contributed by atoms with E-state index in [1.54, 1.807) is 26.8 Å². The largest absolute Gasteiger partial charge is 0.459 e. The molecule has 0 saturated heterocycles. The van der Waals surface area contributed by atoms with Crippen LogP contribution in [0.2, 0.25) is 0 Å². The average Bonchev–Trinajstić information content (AvgIpc) is 3.06. The lowest BCUT2D eigenvalue weighted by molar-refractivity contribution is -0.147. The molecule has 7 heteroatoms. The molecule has 0 bridgehead atoms. The molecular formula is C20H23NO6. The molecule has 1 heterocycles. The number of hydrogen-bond donors (Lipinski definition) is 1. The first-order valence-electron chi connectivity index (χ1n) is 8.51. The molecule has 2 aromatic rings. The van der Waals surface area contributed by atoms with E-state index in [2.05, 4.69) is 5.32 Å². The summed E-state index contributed by atoms with van der Waals surface area (Å²) in [6, 6.07) is 11.2. The van der Waals surface area contributed by atoms with Gasteiger partial charge in [0, 0.05) is 6.42 Å². The number of ether oxygens (including phenoxy) is 2. The van der Waals surface area contributed by atoms with Crippen molar-refractivity contribution in [2.45, 2.75) is 45.4 Å². The maximum atomic E-state index is 12.5. The lowest BCUT2D eigenvalue weighted by atomic mass is 10.1. The third kappa shape index (κ3) is 6.97. The second-order valence-corrected chi connectivity index (χ2v) is 6.92. The number of alkyl carbamates (subject to hydrolysis) is 1. The fraction of sp³-hybridized carbons (Fsp3) is 0.350. The lowest BCUT2D eigenvalue weighted by Gasteiger charge is -2.22. The maximum Gasteiger partial charge on any atom is 0.408 e. The minimum Gasteiger partial charge on any atom is -0.459 e. The zero-order valence-electron chi connectivity index (χ0n) is 15.6. The molecule has 0 spiro atoms. The van der Waals surface area contributed by atoms with Crippen LogP contribution in [0.1, 0.15) is 42.6 Å². The SMILES string of the molecule is CC(C)(C)OC(=O)N[C@H](Cc1ccc(C=O)o1)C(=O)OCc1ccccc1. The van der Waals surface area contributed by atoms with Gasteiger partial charge in [-0.15, -0.1) is 0 Å². The number of benzene rings is 1. The Balaban J connectivity index is 2.05. The van der Waals surface area contributed by atoms with Gasteiger partial charge in [-0.1, -0.05) is 30.3 Å². The number of nitrogens with one attached hydrogen (secondary N) is 1. The van der Waals surface area contributed by atoms with Crippen LogP contribution in [0.25, 0.3) is 0 Å². The van der Waals surface area contributed by atoms with Crippen LogP contribution in [0.15, 0.2) is 46.9 Å². The standard InChI is InChI=1S/C20H23NO6/c1-20(2,3)27-19(24)21-17(11-15-9-10-16(12-22)26-15)18(23)25-13-14-7-5-4-6-8-14/h4-10,12,17H,11,13H2,1-3H3,(H,21,24)/t17-/m1/s1. The summed E-state index contributed by atoms with van der Waals surface area (Å²) in [5.41, 5.74) is 0.112. The summed E-state index contributed by atoms with van der Waals surface area (Å²) in [5.74, 6) is -0.123. The molecule has 0 saturated carbocycles. The summed E-state index contributed by atoms with van der Waals surface area (Å²) in [7, 11) is 0. The van der Waals surface area contributed by atoms with E-state index in [9.17, 15) is 14.4 Å². The quantitative estimate of drug-likeness (QED) is 0.591. The van der Waals surface area contributed by atoms with Crippen molar-refractivity contribution < 1.29 is 28.3 Å². The van der Waals surface area contributed by atoms with Crippen molar-refractivity contribution in [3.63, 3.8) is 0 Å². The van der Waals surface area contributed by atoms with E-state index in [4.69, 9.17) is 13.9 Å². The average molecular weight is 373 g/mol. The zero-order chi connectivity index (χ0) is 19.9. The van der Waals surface area contributed by atoms with Crippen molar-refractivity contribution in [2.24, 2.45) is 0 Å². The van der Waals surface area contributed by atoms with Crippen LogP contribution in [0.3, 0.4) is 0 Å². The van der Waals surface area contributed by atoms with E-state index >= 15 is 0 Å². The summed E-state index contributed by atoms with van der Waals surface area (Å²) in [4.78, 5) is 35.3. The number of esters is 1. The fourth-order valence-electron chi connectivity index (χ4n) is 2.24. The molecule has 0 aliphatic heterocycles. The highest BCUT2D eigenvalue weighted by Gasteiger charge is 2.27. The molecule has 1 atom stereocenters. The molecule has 0 aliphatic carbocycles. The van der Waals surface area contributed by atoms with Crippen molar-refractivity contribution in [1.82, 2.24) is 5.32 Å². The normalized spacial score (nSPS) is 12.1. The number of rotatable bonds is 7. The van der Waals surface area contributed by atoms with Crippen molar-refractivity contribution in [1.29, 1.82) is 0 Å². The van der Waals surface area contributed by atoms with Crippen molar-refractivity contribution in [3.05, 3.63) is 59.5 Å². The van der Waals surface area contributed by atoms with Crippen LogP contribution in [-0.4, -0.2) is 30.0 Å². The summed E-state index contributed by atoms with van der Waals surface area (Å²) in [5, 5.41) is 2.50. The highest BCUT2D eigenvalue weighted by atomic mass is 16.6. The predicted molar refractivity (Wildman–Crippen MR) is 97.2 cm³/mol. The second kappa shape index (κ2) is 9.02. The lowest BCUT2D eigenvalue weighted by Crippen LogP contribution is -2.45. The summed E-state index contributed by atoms with van der Waals surface area (Å²) in [6.07, 6.45) is -0.153. The second-order valence-electron chi connectivity index (χ2n) is 6.92. The van der Waals surface area contributed by atoms with Gasteiger partial charge in [0.2, 0.25) is 0 Å². The summed E-state index contributed by atoms with van der Waals surface area (Å²) in [6.45, 7) is 5.23. The Morgan fingerprint density at radius 1 is 1.15 bits per heavy atom. The van der Waals surface area contributed by atoms with E-state index in [0.717, 1.165) is 5.56 Å². The molecule has 27 heavy (non-hydrogen) atoms. The van der Waals surface area contributed by atoms with Gasteiger partial charge in [-0.3, -0.25) is 4.79 Å². The number of furan rings is 1. The Kier molecular flexibility index (Phi) is 6.76. The molecule has 1 aromatic heterocycles. The van der Waals surface area contributed by atoms with Crippen molar-refractivity contribution in [2.75, 3.05) is 0 Å². The molecule has 0 radical (unpaired) electrons. The minimum atomic E-state index is -1.02. The summed E-state index contributed by atoms with van der Waals surface area (Å²) >= 11 is 0. The van der Waals surface area contributed by atoms with Gasteiger partial charge in [0.25, 0.3) is 0 Å². The van der Waals surface area contributed by atoms with E-state index in [1.807, 2.05) is 30.3 Å². The smallest absolute Gasteiger partial charge is 0.408 e. The molecule has 144 valence electrons. The van der Waals surface area contributed by atoms with Gasteiger partial charge in [-0.25, -0.2) is 9.59 Å². The fourth-order valence-corrected chi connectivity index (χ4v) is 2.24. The van der Waals surface area contributed by atoms with Crippen LogP contribution in [0, 0.1) is 0 Å². The highest BCUT2D eigenvalue weighted by Crippen LogP contribution is 2.12. The van der Waals surface area contributed by atoms with Gasteiger partial charge in [0.1, 0.15) is 24.0 Å². The van der Waals surface area contributed by atoms with Gasteiger partial charge in [0.15, 0.2) is 12.0 Å². The Morgan fingerprint density at radius 3 is 2.44 bits per heavy atom. The molecule has 1 N–H and O–H groups in total. The monoisotopic (exact) mass is 373 g/mol. The minimum absolute atomic E-state index is 0.0285. The van der Waals surface area contributed by atoms with Crippen LogP contribution >= 0.6 is 0 Å². The number of carbonyl (C=O) groups is 3. The first kappa shape index (κ1) is 20.2. The maximum absolute atomic E-state index is 12.5. The Hall–Kier alpha value is -3.09. The highest BCUT2D eigenvalue weighted by molar-refractivity contribution is 5.81. The Labute approximate surface area is 157 Å². The molecular weight excluding hydrogens is 350 g/mol. The van der Waals surface area contributed by atoms with E-state index in [-0.39, 0.29) is 18.8 Å². The molecule has 1 aromatic carbocycles. The van der Waals surface area contributed by atoms with E-state index < -0.39 is 23.7 Å². The van der Waals surface area contributed by atoms with Gasteiger partial charge in [0.05, 0.1) is 0 Å². The van der Waals surface area contributed by atoms with Crippen molar-refractivity contribution >= 4 is 18.3 Å². The first-order chi connectivity index (χ1) is 12.8. The third-order valence-electron chi connectivity index (χ3n) is 3.40. The number of hydrogen-bond acceptors (Lipinski definition) is 6. The zero-order valence-corrected chi connectivity index (χ0v) is 15.6. The molecule has 1 amide bonds. The molecule has 2 rings (SSSR count). The van der Waals surface area contributed by atoms with Crippen molar-refractivity contribution in [3.8, 4) is 0 Å². The number of aldehydes is 1. The van der Waals surface area contributed by atoms with Crippen LogP contribution < -0.4 is 5.32 Å². The van der Waals surface area contributed by atoms with Gasteiger partial charge in [-0.05, 0) is 38.5 Å². The van der Waals surface area contributed by atoms with Crippen LogP contribution in [-0.2, 0) is 27.3 Å². The van der Waals surface area contributed by atoms with Gasteiger partial charge >= 0.3 is 12.1 Å². The summed E-state index contributed by atoms with van der Waals surface area (Å²) < 4.78 is 15.8. The predicted octanol–water partition coefficient (Wildman–Crippen LogP) is 3.27. The number of carbonyl (C=O) groups excluding carboxylic acids is 3. The number of amides is 1. The molecule has 0 aliphatic rings. The first-order valence-corrected chi connectivity index (χ1v) is 8.51. The third-order valence-corrected chi connectivity index (χ3v) is 3.40. The molecule has 0 fully saturated rings. The van der Waals surface area contributed by atoms with Crippen LogP contribution in [0.5, 0.6) is 0 Å². The van der Waals surface area contributed by atoms with Gasteiger partial charge in [-0.2, -0.15) is 0 Å².